The van der Waals surface area contributed by atoms with Crippen molar-refractivity contribution in [1.29, 1.82) is 0 Å². The molecule has 1 atom stereocenters. The Morgan fingerprint density at radius 1 is 0.450 bits per heavy atom. The minimum atomic E-state index is -0.574. The van der Waals surface area contributed by atoms with Crippen molar-refractivity contribution in [2.45, 2.75) is 46.9 Å². The quantitative estimate of drug-likeness (QED) is 0.175. The fourth-order valence-corrected chi connectivity index (χ4v) is 12.2. The van der Waals surface area contributed by atoms with Crippen LogP contribution in [0.25, 0.3) is 39.0 Å². The van der Waals surface area contributed by atoms with Crippen molar-refractivity contribution in [1.82, 2.24) is 0 Å². The topological polar surface area (TPSA) is 3.24 Å². The van der Waals surface area contributed by atoms with E-state index in [1.165, 1.54) is 99.1 Å². The summed E-state index contributed by atoms with van der Waals surface area (Å²) in [7, 11) is 0. The second kappa shape index (κ2) is 13.5. The van der Waals surface area contributed by atoms with Gasteiger partial charge in [-0.25, -0.2) is 0 Å². The lowest BCUT2D eigenvalue weighted by atomic mass is 9.63. The molecule has 8 aromatic rings. The molecule has 0 amide bonds. The molecule has 0 N–H and O–H groups in total. The number of benzene rings is 8. The average molecular weight is 786 g/mol. The predicted octanol–water partition coefficient (Wildman–Crippen LogP) is 15.1. The maximum Gasteiger partial charge on any atom is 0.0736 e. The summed E-state index contributed by atoms with van der Waals surface area (Å²) in [5, 5.41) is 0. The first-order valence-electron chi connectivity index (χ1n) is 21.2. The Hall–Kier alpha value is -6.61. The number of hydrogen-bond acceptors (Lipinski definition) is 2. The van der Waals surface area contributed by atoms with E-state index in [1.54, 1.807) is 0 Å². The van der Waals surface area contributed by atoms with Gasteiger partial charge in [0.1, 0.15) is 0 Å². The second-order valence-electron chi connectivity index (χ2n) is 17.1. The molecule has 1 nitrogen and oxygen atoms in total. The fraction of sp³-hybridized carbons (Fsp3) is 0.103. The Kier molecular flexibility index (Phi) is 7.93. The van der Waals surface area contributed by atoms with Gasteiger partial charge in [-0.3, -0.25) is 0 Å². The van der Waals surface area contributed by atoms with Crippen molar-refractivity contribution in [2.24, 2.45) is 0 Å². The first kappa shape index (κ1) is 35.3. The highest BCUT2D eigenvalue weighted by molar-refractivity contribution is 7.99. The van der Waals surface area contributed by atoms with Crippen molar-refractivity contribution in [3.63, 3.8) is 0 Å². The monoisotopic (exact) mass is 785 g/mol. The third-order valence-electron chi connectivity index (χ3n) is 13.7. The Labute approximate surface area is 357 Å². The largest absolute Gasteiger partial charge is 0.334 e. The molecule has 0 saturated heterocycles. The van der Waals surface area contributed by atoms with Gasteiger partial charge in [-0.15, -0.1) is 0 Å². The van der Waals surface area contributed by atoms with Gasteiger partial charge in [0.15, 0.2) is 0 Å². The van der Waals surface area contributed by atoms with Crippen LogP contribution in [0.2, 0.25) is 0 Å². The van der Waals surface area contributed by atoms with Gasteiger partial charge in [-0.1, -0.05) is 195 Å². The van der Waals surface area contributed by atoms with Gasteiger partial charge in [0.25, 0.3) is 0 Å². The van der Waals surface area contributed by atoms with E-state index in [0.29, 0.717) is 0 Å². The van der Waals surface area contributed by atoms with Crippen LogP contribution in [0.1, 0.15) is 53.6 Å². The third kappa shape index (κ3) is 5.07. The van der Waals surface area contributed by atoms with E-state index in [4.69, 9.17) is 0 Å². The summed E-state index contributed by atoms with van der Waals surface area (Å²) in [6, 6.07) is 73.0. The number of anilines is 2. The van der Waals surface area contributed by atoms with Crippen LogP contribution in [-0.2, 0) is 10.8 Å². The van der Waals surface area contributed by atoms with Gasteiger partial charge in [0.05, 0.1) is 11.5 Å². The lowest BCUT2D eigenvalue weighted by Crippen LogP contribution is -2.36. The van der Waals surface area contributed by atoms with E-state index in [9.17, 15) is 0 Å². The standard InChI is InChI=1S/C58H43NS/c1-57(2)49-23-11-8-22-47(49)48-34-32-41(36-53(48)57)59(40-30-28-39(29-31-40)38-16-4-3-5-17-38)42-33-35-56-54(37-42)58(52-26-14-15-27-55(52)60-56)50-24-12-9-20-45(50)43-18-6-7-19-44(43)46-21-10-13-25-51(46)58/h3-31,33-37,41H,32H2,1-2H3. The molecule has 0 fully saturated rings. The molecule has 0 bridgehead atoms. The molecule has 286 valence electrons. The van der Waals surface area contributed by atoms with Crippen LogP contribution >= 0.6 is 11.8 Å². The smallest absolute Gasteiger partial charge is 0.0736 e. The van der Waals surface area contributed by atoms with Gasteiger partial charge in [-0.05, 0) is 121 Å². The molecule has 1 aliphatic heterocycles. The van der Waals surface area contributed by atoms with E-state index in [2.05, 4.69) is 225 Å². The van der Waals surface area contributed by atoms with Crippen LogP contribution in [0.4, 0.5) is 11.4 Å². The van der Waals surface area contributed by atoms with E-state index in [0.717, 1.165) is 6.42 Å². The highest BCUT2D eigenvalue weighted by Gasteiger charge is 2.49. The van der Waals surface area contributed by atoms with Gasteiger partial charge < -0.3 is 4.90 Å². The van der Waals surface area contributed by atoms with Gasteiger partial charge in [-0.2, -0.15) is 0 Å². The third-order valence-corrected chi connectivity index (χ3v) is 14.8. The fourth-order valence-electron chi connectivity index (χ4n) is 11.0. The average Bonchev–Trinajstić information content (AvgIpc) is 3.47. The molecule has 4 aliphatic rings. The van der Waals surface area contributed by atoms with E-state index >= 15 is 0 Å². The lowest BCUT2D eigenvalue weighted by Gasteiger charge is -2.43. The molecular weight excluding hydrogens is 743 g/mol. The highest BCUT2D eigenvalue weighted by atomic mass is 32.2. The summed E-state index contributed by atoms with van der Waals surface area (Å²) >= 11 is 1.91. The summed E-state index contributed by atoms with van der Waals surface area (Å²) in [6.07, 6.45) is 6.01. The van der Waals surface area contributed by atoms with E-state index in [-0.39, 0.29) is 11.5 Å². The Bertz CT molecular complexity index is 3010. The minimum Gasteiger partial charge on any atom is -0.334 e. The van der Waals surface area contributed by atoms with Gasteiger partial charge in [0.2, 0.25) is 0 Å². The molecule has 8 aromatic carbocycles. The maximum absolute atomic E-state index is 2.62. The van der Waals surface area contributed by atoms with Crippen molar-refractivity contribution in [3.05, 3.63) is 245 Å². The highest BCUT2D eigenvalue weighted by Crippen LogP contribution is 2.61. The van der Waals surface area contributed by atoms with Crippen molar-refractivity contribution in [3.8, 4) is 33.4 Å². The number of nitrogens with zero attached hydrogens (tertiary/aromatic N) is 1. The molecule has 12 rings (SSSR count). The van der Waals surface area contributed by atoms with E-state index < -0.39 is 5.41 Å². The molecule has 1 spiro atoms. The van der Waals surface area contributed by atoms with Crippen LogP contribution in [0.3, 0.4) is 0 Å². The zero-order chi connectivity index (χ0) is 40.0. The first-order valence-corrected chi connectivity index (χ1v) is 22.0. The molecule has 3 aliphatic carbocycles. The molecule has 2 heteroatoms. The molecule has 0 radical (unpaired) electrons. The maximum atomic E-state index is 2.62. The number of allylic oxidation sites excluding steroid dienone is 2. The first-order chi connectivity index (χ1) is 29.5. The lowest BCUT2D eigenvalue weighted by molar-refractivity contribution is 0.644. The van der Waals surface area contributed by atoms with Gasteiger partial charge in [0, 0.05) is 26.6 Å². The molecule has 1 unspecified atom stereocenters. The number of fused-ring (bicyclic) bond motifs is 14. The molecule has 1 heterocycles. The zero-order valence-corrected chi connectivity index (χ0v) is 34.6. The normalized spacial score (nSPS) is 17.0. The van der Waals surface area contributed by atoms with Crippen molar-refractivity contribution >= 4 is 28.7 Å². The number of rotatable bonds is 4. The van der Waals surface area contributed by atoms with Crippen LogP contribution in [0.15, 0.2) is 222 Å². The predicted molar refractivity (Wildman–Crippen MR) is 251 cm³/mol. The SMILES string of the molecule is CC1(C)C2=CC(N(c3ccc(-c4ccccc4)cc3)c3ccc4c(c3)C3(c5ccccc5S4)c4ccccc4-c4ccccc4-c4ccccc43)CC=C2c2ccccc21. The van der Waals surface area contributed by atoms with Crippen molar-refractivity contribution < 1.29 is 0 Å². The summed E-state index contributed by atoms with van der Waals surface area (Å²) < 4.78 is 0. The molecule has 0 aromatic heterocycles. The Balaban J connectivity index is 1.11. The summed E-state index contributed by atoms with van der Waals surface area (Å²) in [4.78, 5) is 5.22. The zero-order valence-electron chi connectivity index (χ0n) is 33.8. The number of hydrogen-bond donors (Lipinski definition) is 0. The molecular formula is C58H43NS. The molecule has 60 heavy (non-hydrogen) atoms. The van der Waals surface area contributed by atoms with Crippen LogP contribution in [0, 0.1) is 0 Å². The second-order valence-corrected chi connectivity index (χ2v) is 18.2. The van der Waals surface area contributed by atoms with Crippen LogP contribution in [0.5, 0.6) is 0 Å². The van der Waals surface area contributed by atoms with E-state index in [1.807, 2.05) is 11.8 Å². The molecule has 0 saturated carbocycles. The van der Waals surface area contributed by atoms with Crippen LogP contribution in [-0.4, -0.2) is 6.04 Å². The van der Waals surface area contributed by atoms with Crippen molar-refractivity contribution in [2.75, 3.05) is 4.90 Å². The summed E-state index contributed by atoms with van der Waals surface area (Å²) in [5.41, 5.74) is 20.2. The summed E-state index contributed by atoms with van der Waals surface area (Å²) in [6.45, 7) is 4.80. The summed E-state index contributed by atoms with van der Waals surface area (Å²) in [5.74, 6) is 0. The minimum absolute atomic E-state index is 0.0903. The van der Waals surface area contributed by atoms with Gasteiger partial charge >= 0.3 is 0 Å². The Morgan fingerprint density at radius 2 is 0.967 bits per heavy atom. The Morgan fingerprint density at radius 3 is 1.65 bits per heavy atom. The van der Waals surface area contributed by atoms with Crippen LogP contribution < -0.4 is 4.90 Å².